The van der Waals surface area contributed by atoms with Crippen LogP contribution < -0.4 is 11.1 Å². The lowest BCUT2D eigenvalue weighted by molar-refractivity contribution is -0.120. The maximum absolute atomic E-state index is 11.5. The largest absolute Gasteiger partial charge is 0.382 e. The number of fused-ring (bicyclic) bond motifs is 3. The summed E-state index contributed by atoms with van der Waals surface area (Å²) in [6.45, 7) is 2.88. The first kappa shape index (κ1) is 16.2. The number of aryl methyl sites for hydroxylation is 2. The van der Waals surface area contributed by atoms with Gasteiger partial charge in [0.05, 0.1) is 11.0 Å². The van der Waals surface area contributed by atoms with Crippen LogP contribution in [0.5, 0.6) is 0 Å². The highest BCUT2D eigenvalue weighted by atomic mass is 16.1. The van der Waals surface area contributed by atoms with Crippen molar-refractivity contribution in [3.63, 3.8) is 0 Å². The third-order valence-electron chi connectivity index (χ3n) is 4.23. The summed E-state index contributed by atoms with van der Waals surface area (Å²) < 4.78 is 2.21. The fourth-order valence-corrected chi connectivity index (χ4v) is 3.08. The summed E-state index contributed by atoms with van der Waals surface area (Å²) in [7, 11) is 1.66. The topological polar surface area (TPSA) is 85.8 Å². The molecule has 0 aliphatic heterocycles. The maximum Gasteiger partial charge on any atom is 0.219 e. The van der Waals surface area contributed by atoms with Crippen molar-refractivity contribution in [2.75, 3.05) is 12.8 Å². The SMILES string of the molecule is CCCc1nc2c(N)nc3ccccc3c2n1CCCC(=O)NC. The van der Waals surface area contributed by atoms with Gasteiger partial charge in [-0.2, -0.15) is 0 Å². The molecule has 0 fully saturated rings. The number of nitrogens with one attached hydrogen (secondary N) is 1. The highest BCUT2D eigenvalue weighted by molar-refractivity contribution is 6.06. The number of nitrogens with zero attached hydrogens (tertiary/aromatic N) is 3. The molecule has 0 atom stereocenters. The summed E-state index contributed by atoms with van der Waals surface area (Å²) >= 11 is 0. The van der Waals surface area contributed by atoms with E-state index in [1.807, 2.05) is 18.2 Å². The minimum atomic E-state index is 0.0579. The number of carbonyl (C=O) groups excluding carboxylic acids is 1. The number of para-hydroxylation sites is 1. The van der Waals surface area contributed by atoms with Gasteiger partial charge in [0.15, 0.2) is 5.82 Å². The van der Waals surface area contributed by atoms with Crippen molar-refractivity contribution in [2.45, 2.75) is 39.2 Å². The van der Waals surface area contributed by atoms with Gasteiger partial charge in [-0.3, -0.25) is 4.79 Å². The van der Waals surface area contributed by atoms with Crippen molar-refractivity contribution < 1.29 is 4.79 Å². The average molecular weight is 325 g/mol. The second-order valence-electron chi connectivity index (χ2n) is 5.92. The van der Waals surface area contributed by atoms with Crippen molar-refractivity contribution >= 4 is 33.7 Å². The molecule has 24 heavy (non-hydrogen) atoms. The zero-order chi connectivity index (χ0) is 17.1. The Morgan fingerprint density at radius 3 is 2.83 bits per heavy atom. The minimum Gasteiger partial charge on any atom is -0.382 e. The van der Waals surface area contributed by atoms with E-state index in [1.54, 1.807) is 7.05 Å². The molecular weight excluding hydrogens is 302 g/mol. The molecule has 2 aromatic heterocycles. The zero-order valence-corrected chi connectivity index (χ0v) is 14.2. The summed E-state index contributed by atoms with van der Waals surface area (Å²) in [6.07, 6.45) is 3.14. The van der Waals surface area contributed by atoms with E-state index in [2.05, 4.69) is 27.9 Å². The van der Waals surface area contributed by atoms with Gasteiger partial charge in [-0.05, 0) is 18.9 Å². The second kappa shape index (κ2) is 6.86. The molecule has 1 aromatic carbocycles. The molecule has 3 aromatic rings. The first-order valence-electron chi connectivity index (χ1n) is 8.39. The smallest absolute Gasteiger partial charge is 0.219 e. The Morgan fingerprint density at radius 1 is 1.29 bits per heavy atom. The molecule has 3 N–H and O–H groups in total. The lowest BCUT2D eigenvalue weighted by Crippen LogP contribution is -2.18. The van der Waals surface area contributed by atoms with Gasteiger partial charge in [-0.15, -0.1) is 0 Å². The summed E-state index contributed by atoms with van der Waals surface area (Å²) in [5.74, 6) is 1.53. The first-order valence-corrected chi connectivity index (χ1v) is 8.39. The molecule has 0 bridgehead atoms. The molecule has 3 rings (SSSR count). The van der Waals surface area contributed by atoms with E-state index < -0.39 is 0 Å². The Morgan fingerprint density at radius 2 is 2.08 bits per heavy atom. The quantitative estimate of drug-likeness (QED) is 0.729. The van der Waals surface area contributed by atoms with Crippen LogP contribution in [0.15, 0.2) is 24.3 Å². The molecule has 0 spiro atoms. The maximum atomic E-state index is 11.5. The monoisotopic (exact) mass is 325 g/mol. The van der Waals surface area contributed by atoms with Crippen molar-refractivity contribution in [3.05, 3.63) is 30.1 Å². The van der Waals surface area contributed by atoms with E-state index in [9.17, 15) is 4.79 Å². The molecule has 0 radical (unpaired) electrons. The molecule has 6 heteroatoms. The number of imidazole rings is 1. The second-order valence-corrected chi connectivity index (χ2v) is 5.92. The van der Waals surface area contributed by atoms with Crippen molar-refractivity contribution in [1.82, 2.24) is 19.9 Å². The number of carbonyl (C=O) groups is 1. The number of hydrogen-bond donors (Lipinski definition) is 2. The molecule has 2 heterocycles. The molecule has 1 amide bonds. The van der Waals surface area contributed by atoms with Gasteiger partial charge < -0.3 is 15.6 Å². The van der Waals surface area contributed by atoms with Crippen molar-refractivity contribution in [2.24, 2.45) is 0 Å². The first-order chi connectivity index (χ1) is 11.7. The number of anilines is 1. The number of benzene rings is 1. The molecule has 126 valence electrons. The van der Waals surface area contributed by atoms with Gasteiger partial charge >= 0.3 is 0 Å². The van der Waals surface area contributed by atoms with Gasteiger partial charge in [0.2, 0.25) is 5.91 Å². The Kier molecular flexibility index (Phi) is 4.64. The van der Waals surface area contributed by atoms with Crippen LogP contribution in [0.3, 0.4) is 0 Å². The lowest BCUT2D eigenvalue weighted by atomic mass is 10.2. The van der Waals surface area contributed by atoms with E-state index in [0.717, 1.165) is 53.6 Å². The van der Waals surface area contributed by atoms with Crippen LogP contribution >= 0.6 is 0 Å². The summed E-state index contributed by atoms with van der Waals surface area (Å²) in [5.41, 5.74) is 8.81. The normalized spacial score (nSPS) is 11.2. The molecule has 0 saturated heterocycles. The van der Waals surface area contributed by atoms with Crippen LogP contribution in [0.2, 0.25) is 0 Å². The van der Waals surface area contributed by atoms with Crippen LogP contribution in [0, 0.1) is 0 Å². The number of rotatable bonds is 6. The van der Waals surface area contributed by atoms with Crippen molar-refractivity contribution in [3.8, 4) is 0 Å². The molecule has 0 saturated carbocycles. The highest BCUT2D eigenvalue weighted by Crippen LogP contribution is 2.29. The Labute approximate surface area is 141 Å². The van der Waals surface area contributed by atoms with Crippen LogP contribution in [0.25, 0.3) is 21.9 Å². The van der Waals surface area contributed by atoms with Crippen LogP contribution in [-0.4, -0.2) is 27.5 Å². The predicted molar refractivity (Wildman–Crippen MR) is 96.7 cm³/mol. The van der Waals surface area contributed by atoms with E-state index in [0.29, 0.717) is 12.2 Å². The highest BCUT2D eigenvalue weighted by Gasteiger charge is 2.16. The lowest BCUT2D eigenvalue weighted by Gasteiger charge is -2.10. The number of aromatic nitrogens is 3. The number of nitrogens with two attached hydrogens (primary N) is 1. The average Bonchev–Trinajstić information content (AvgIpc) is 2.95. The third-order valence-corrected chi connectivity index (χ3v) is 4.23. The predicted octanol–water partition coefficient (Wildman–Crippen LogP) is 2.65. The molecule has 6 nitrogen and oxygen atoms in total. The van der Waals surface area contributed by atoms with Gasteiger partial charge in [-0.25, -0.2) is 9.97 Å². The molecule has 0 unspecified atom stereocenters. The van der Waals surface area contributed by atoms with E-state index in [-0.39, 0.29) is 5.91 Å². The van der Waals surface area contributed by atoms with Gasteiger partial charge in [0.1, 0.15) is 11.3 Å². The van der Waals surface area contributed by atoms with Crippen LogP contribution in [0.4, 0.5) is 5.82 Å². The Balaban J connectivity index is 2.12. The minimum absolute atomic E-state index is 0.0579. The summed E-state index contributed by atoms with van der Waals surface area (Å²) in [4.78, 5) is 20.7. The third kappa shape index (κ3) is 2.91. The number of hydrogen-bond acceptors (Lipinski definition) is 4. The van der Waals surface area contributed by atoms with Gasteiger partial charge in [-0.1, -0.05) is 25.1 Å². The van der Waals surface area contributed by atoms with Gasteiger partial charge in [0.25, 0.3) is 0 Å². The Bertz CT molecular complexity index is 884. The Hall–Kier alpha value is -2.63. The number of amides is 1. The van der Waals surface area contributed by atoms with E-state index in [4.69, 9.17) is 10.7 Å². The number of pyridine rings is 1. The number of nitrogen functional groups attached to an aromatic ring is 1. The fourth-order valence-electron chi connectivity index (χ4n) is 3.08. The summed E-state index contributed by atoms with van der Waals surface area (Å²) in [5, 5.41) is 3.72. The van der Waals surface area contributed by atoms with E-state index in [1.165, 1.54) is 0 Å². The fraction of sp³-hybridized carbons (Fsp3) is 0.389. The zero-order valence-electron chi connectivity index (χ0n) is 14.2. The molecule has 0 aliphatic carbocycles. The van der Waals surface area contributed by atoms with Crippen LogP contribution in [0.1, 0.15) is 32.0 Å². The summed E-state index contributed by atoms with van der Waals surface area (Å²) in [6, 6.07) is 7.98. The van der Waals surface area contributed by atoms with Crippen LogP contribution in [-0.2, 0) is 17.8 Å². The molecule has 0 aliphatic rings. The van der Waals surface area contributed by atoms with E-state index >= 15 is 0 Å². The van der Waals surface area contributed by atoms with Crippen molar-refractivity contribution in [1.29, 1.82) is 0 Å². The standard InChI is InChI=1S/C18H23N5O/c1-3-7-14-22-16-17(23(14)11-6-10-15(24)20-2)12-8-4-5-9-13(12)21-18(16)19/h4-5,8-9H,3,6-7,10-11H2,1-2H3,(H2,19,21)(H,20,24). The van der Waals surface area contributed by atoms with Gasteiger partial charge in [0, 0.05) is 31.8 Å². The molecular formula is C18H23N5O.